The van der Waals surface area contributed by atoms with Gasteiger partial charge in [0.05, 0.1) is 0 Å². The lowest BCUT2D eigenvalue weighted by atomic mass is 10.2. The standard InChI is InChI=1S/C19H21FN2OS/c20-14-10-8-13(9-11-14)12-24-18-16-6-3-7-17(16)22(19(23)21-18)15-4-1-2-5-15/h8-11,15H,1-7,12H2. The van der Waals surface area contributed by atoms with Crippen LogP contribution in [0.25, 0.3) is 0 Å². The topological polar surface area (TPSA) is 34.9 Å². The first-order valence-corrected chi connectivity index (χ1v) is 9.72. The van der Waals surface area contributed by atoms with Gasteiger partial charge in [-0.2, -0.15) is 4.98 Å². The quantitative estimate of drug-likeness (QED) is 0.613. The molecule has 1 heterocycles. The molecular formula is C19H21FN2OS. The Bertz CT molecular complexity index is 794. The van der Waals surface area contributed by atoms with E-state index in [1.54, 1.807) is 23.9 Å². The Morgan fingerprint density at radius 1 is 1.12 bits per heavy atom. The highest BCUT2D eigenvalue weighted by atomic mass is 32.2. The first kappa shape index (κ1) is 15.9. The van der Waals surface area contributed by atoms with Gasteiger partial charge in [0.15, 0.2) is 0 Å². The Labute approximate surface area is 145 Å². The predicted octanol–water partition coefficient (Wildman–Crippen LogP) is 4.28. The Morgan fingerprint density at radius 3 is 2.62 bits per heavy atom. The van der Waals surface area contributed by atoms with E-state index in [9.17, 15) is 9.18 Å². The van der Waals surface area contributed by atoms with Gasteiger partial charge in [-0.05, 0) is 49.8 Å². The largest absolute Gasteiger partial charge is 0.349 e. The molecule has 24 heavy (non-hydrogen) atoms. The Morgan fingerprint density at radius 2 is 1.88 bits per heavy atom. The molecular weight excluding hydrogens is 323 g/mol. The van der Waals surface area contributed by atoms with Gasteiger partial charge in [-0.1, -0.05) is 25.0 Å². The van der Waals surface area contributed by atoms with E-state index in [0.29, 0.717) is 11.8 Å². The zero-order valence-electron chi connectivity index (χ0n) is 13.6. The van der Waals surface area contributed by atoms with Crippen molar-refractivity contribution in [1.29, 1.82) is 0 Å². The highest BCUT2D eigenvalue weighted by Crippen LogP contribution is 2.35. The molecule has 1 aromatic heterocycles. The summed E-state index contributed by atoms with van der Waals surface area (Å²) in [5.74, 6) is 0.494. The Kier molecular flexibility index (Phi) is 4.44. The van der Waals surface area contributed by atoms with E-state index in [1.807, 2.05) is 4.57 Å². The summed E-state index contributed by atoms with van der Waals surface area (Å²) in [6, 6.07) is 6.90. The van der Waals surface area contributed by atoms with Crippen molar-refractivity contribution in [2.24, 2.45) is 0 Å². The second-order valence-corrected chi connectivity index (χ2v) is 7.67. The molecule has 4 rings (SSSR count). The molecule has 0 saturated heterocycles. The number of nitrogens with zero attached hydrogens (tertiary/aromatic N) is 2. The third-order valence-electron chi connectivity index (χ3n) is 5.12. The molecule has 1 saturated carbocycles. The third-order valence-corrected chi connectivity index (χ3v) is 6.21. The second kappa shape index (κ2) is 6.71. The molecule has 0 spiro atoms. The summed E-state index contributed by atoms with van der Waals surface area (Å²) >= 11 is 1.60. The maximum absolute atomic E-state index is 13.0. The number of benzene rings is 1. The van der Waals surface area contributed by atoms with Crippen molar-refractivity contribution in [3.05, 3.63) is 57.4 Å². The highest BCUT2D eigenvalue weighted by molar-refractivity contribution is 7.98. The molecule has 0 bridgehead atoms. The monoisotopic (exact) mass is 344 g/mol. The minimum absolute atomic E-state index is 0.0795. The molecule has 5 heteroatoms. The van der Waals surface area contributed by atoms with Crippen molar-refractivity contribution >= 4 is 11.8 Å². The van der Waals surface area contributed by atoms with E-state index < -0.39 is 0 Å². The number of hydrogen-bond donors (Lipinski definition) is 0. The van der Waals surface area contributed by atoms with Gasteiger partial charge in [-0.15, -0.1) is 11.8 Å². The SMILES string of the molecule is O=c1nc(SCc2ccc(F)cc2)c2c(n1C1CCCC1)CCC2. The Balaban J connectivity index is 1.62. The van der Waals surface area contributed by atoms with Crippen molar-refractivity contribution in [2.45, 2.75) is 61.8 Å². The number of fused-ring (bicyclic) bond motifs is 1. The average molecular weight is 344 g/mol. The maximum atomic E-state index is 13.0. The lowest BCUT2D eigenvalue weighted by molar-refractivity contribution is 0.471. The summed E-state index contributed by atoms with van der Waals surface area (Å²) in [4.78, 5) is 17.0. The zero-order valence-corrected chi connectivity index (χ0v) is 14.4. The maximum Gasteiger partial charge on any atom is 0.349 e. The lowest BCUT2D eigenvalue weighted by Crippen LogP contribution is -2.29. The smallest absolute Gasteiger partial charge is 0.293 e. The van der Waals surface area contributed by atoms with Crippen LogP contribution in [0.15, 0.2) is 34.1 Å². The van der Waals surface area contributed by atoms with Crippen molar-refractivity contribution in [1.82, 2.24) is 9.55 Å². The fourth-order valence-electron chi connectivity index (χ4n) is 3.94. The minimum Gasteiger partial charge on any atom is -0.293 e. The first-order valence-electron chi connectivity index (χ1n) is 8.74. The van der Waals surface area contributed by atoms with Crippen LogP contribution < -0.4 is 5.69 Å². The predicted molar refractivity (Wildman–Crippen MR) is 94.0 cm³/mol. The number of thioether (sulfide) groups is 1. The second-order valence-electron chi connectivity index (χ2n) is 6.70. The van der Waals surface area contributed by atoms with E-state index in [-0.39, 0.29) is 11.5 Å². The van der Waals surface area contributed by atoms with Crippen molar-refractivity contribution in [3.8, 4) is 0 Å². The van der Waals surface area contributed by atoms with Crippen molar-refractivity contribution in [3.63, 3.8) is 0 Å². The molecule has 0 unspecified atom stereocenters. The van der Waals surface area contributed by atoms with E-state index >= 15 is 0 Å². The van der Waals surface area contributed by atoms with Crippen LogP contribution in [-0.2, 0) is 18.6 Å². The van der Waals surface area contributed by atoms with Crippen LogP contribution in [0, 0.1) is 5.82 Å². The molecule has 1 aromatic carbocycles. The molecule has 0 atom stereocenters. The zero-order chi connectivity index (χ0) is 16.5. The van der Waals surface area contributed by atoms with Crippen LogP contribution in [0.2, 0.25) is 0 Å². The molecule has 2 aliphatic rings. The van der Waals surface area contributed by atoms with Crippen LogP contribution >= 0.6 is 11.8 Å². The summed E-state index contributed by atoms with van der Waals surface area (Å²) in [7, 11) is 0. The van der Waals surface area contributed by atoms with Crippen LogP contribution in [0.5, 0.6) is 0 Å². The number of aromatic nitrogens is 2. The van der Waals surface area contributed by atoms with Gasteiger partial charge in [0.25, 0.3) is 0 Å². The van der Waals surface area contributed by atoms with Gasteiger partial charge in [0, 0.05) is 23.1 Å². The van der Waals surface area contributed by atoms with Crippen LogP contribution in [0.3, 0.4) is 0 Å². The normalized spacial score (nSPS) is 17.4. The summed E-state index contributed by atoms with van der Waals surface area (Å²) in [6.07, 6.45) is 7.76. The molecule has 0 amide bonds. The highest BCUT2D eigenvalue weighted by Gasteiger charge is 2.27. The summed E-state index contributed by atoms with van der Waals surface area (Å²) in [5.41, 5.74) is 3.47. The fourth-order valence-corrected chi connectivity index (χ4v) is 4.97. The van der Waals surface area contributed by atoms with E-state index in [0.717, 1.165) is 42.7 Å². The van der Waals surface area contributed by atoms with E-state index in [2.05, 4.69) is 4.98 Å². The van der Waals surface area contributed by atoms with E-state index in [4.69, 9.17) is 0 Å². The van der Waals surface area contributed by atoms with Crippen LogP contribution in [0.4, 0.5) is 4.39 Å². The molecule has 2 aromatic rings. The fraction of sp³-hybridized carbons (Fsp3) is 0.474. The molecule has 2 aliphatic carbocycles. The van der Waals surface area contributed by atoms with Crippen molar-refractivity contribution in [2.75, 3.05) is 0 Å². The van der Waals surface area contributed by atoms with E-state index in [1.165, 1.54) is 36.2 Å². The molecule has 0 N–H and O–H groups in total. The number of rotatable bonds is 4. The molecule has 0 aliphatic heterocycles. The Hall–Kier alpha value is -1.62. The third kappa shape index (κ3) is 3.02. The van der Waals surface area contributed by atoms with Gasteiger partial charge in [0.2, 0.25) is 0 Å². The average Bonchev–Trinajstić information content (AvgIpc) is 3.25. The molecule has 0 radical (unpaired) electrons. The summed E-state index contributed by atoms with van der Waals surface area (Å²) in [5, 5.41) is 0.881. The lowest BCUT2D eigenvalue weighted by Gasteiger charge is -2.19. The van der Waals surface area contributed by atoms with Gasteiger partial charge in [-0.25, -0.2) is 9.18 Å². The first-order chi connectivity index (χ1) is 11.7. The van der Waals surface area contributed by atoms with Crippen LogP contribution in [-0.4, -0.2) is 9.55 Å². The minimum atomic E-state index is -0.220. The van der Waals surface area contributed by atoms with Crippen molar-refractivity contribution < 1.29 is 4.39 Å². The van der Waals surface area contributed by atoms with Gasteiger partial charge in [0.1, 0.15) is 10.8 Å². The molecule has 3 nitrogen and oxygen atoms in total. The van der Waals surface area contributed by atoms with Gasteiger partial charge in [-0.3, -0.25) is 4.57 Å². The number of hydrogen-bond acceptors (Lipinski definition) is 3. The number of halogens is 1. The van der Waals surface area contributed by atoms with Gasteiger partial charge >= 0.3 is 5.69 Å². The summed E-state index contributed by atoms with van der Waals surface area (Å²) in [6.45, 7) is 0. The van der Waals surface area contributed by atoms with Crippen LogP contribution in [0.1, 0.15) is 55.0 Å². The molecule has 126 valence electrons. The molecule has 1 fully saturated rings. The van der Waals surface area contributed by atoms with Gasteiger partial charge < -0.3 is 0 Å². The summed E-state index contributed by atoms with van der Waals surface area (Å²) < 4.78 is 15.0.